The van der Waals surface area contributed by atoms with Gasteiger partial charge in [-0.3, -0.25) is 0 Å². The standard InChI is InChI=1S/C18H16N2O2/c1-22-16-12-15(18(21)14-10-6-3-7-11-14)17(20-19-16)13-8-4-2-5-9-13/h2-12,18,21H,1H3. The molecule has 1 N–H and O–H groups in total. The Hall–Kier alpha value is -2.72. The molecule has 1 atom stereocenters. The molecule has 0 radical (unpaired) electrons. The lowest BCUT2D eigenvalue weighted by atomic mass is 9.97. The van der Waals surface area contributed by atoms with Crippen LogP contribution in [0.15, 0.2) is 66.7 Å². The van der Waals surface area contributed by atoms with Gasteiger partial charge in [-0.15, -0.1) is 10.2 Å². The van der Waals surface area contributed by atoms with Crippen molar-refractivity contribution in [2.45, 2.75) is 6.10 Å². The second-order valence-electron chi connectivity index (χ2n) is 4.87. The molecule has 0 aliphatic carbocycles. The summed E-state index contributed by atoms with van der Waals surface area (Å²) in [4.78, 5) is 0. The summed E-state index contributed by atoms with van der Waals surface area (Å²) in [5, 5.41) is 19.0. The minimum absolute atomic E-state index is 0.379. The van der Waals surface area contributed by atoms with E-state index in [2.05, 4.69) is 10.2 Å². The Morgan fingerprint density at radius 1 is 0.909 bits per heavy atom. The van der Waals surface area contributed by atoms with E-state index in [9.17, 15) is 5.11 Å². The molecule has 0 fully saturated rings. The van der Waals surface area contributed by atoms with Crippen LogP contribution in [0, 0.1) is 0 Å². The highest BCUT2D eigenvalue weighted by Gasteiger charge is 2.18. The number of aromatic nitrogens is 2. The number of nitrogens with zero attached hydrogens (tertiary/aromatic N) is 2. The Morgan fingerprint density at radius 3 is 2.18 bits per heavy atom. The fourth-order valence-corrected chi connectivity index (χ4v) is 2.33. The predicted molar refractivity (Wildman–Crippen MR) is 84.5 cm³/mol. The molecule has 0 amide bonds. The summed E-state index contributed by atoms with van der Waals surface area (Å²) in [6, 6.07) is 20.9. The van der Waals surface area contributed by atoms with Crippen molar-refractivity contribution in [3.8, 4) is 17.1 Å². The van der Waals surface area contributed by atoms with E-state index in [1.807, 2.05) is 60.7 Å². The first-order chi connectivity index (χ1) is 10.8. The van der Waals surface area contributed by atoms with Crippen LogP contribution in [0.2, 0.25) is 0 Å². The van der Waals surface area contributed by atoms with Crippen LogP contribution < -0.4 is 4.74 Å². The molecule has 0 saturated heterocycles. The number of ether oxygens (including phenoxy) is 1. The highest BCUT2D eigenvalue weighted by atomic mass is 16.5. The van der Waals surface area contributed by atoms with Crippen molar-refractivity contribution in [1.82, 2.24) is 10.2 Å². The van der Waals surface area contributed by atoms with Gasteiger partial charge in [0, 0.05) is 17.2 Å². The molecular formula is C18H16N2O2. The first-order valence-corrected chi connectivity index (χ1v) is 6.99. The molecule has 3 aromatic rings. The summed E-state index contributed by atoms with van der Waals surface area (Å²) in [5.74, 6) is 0.379. The summed E-state index contributed by atoms with van der Waals surface area (Å²) in [5.41, 5.74) is 3.03. The van der Waals surface area contributed by atoms with Crippen LogP contribution in [0.1, 0.15) is 17.2 Å². The molecule has 0 spiro atoms. The maximum atomic E-state index is 10.7. The third-order valence-corrected chi connectivity index (χ3v) is 3.47. The molecule has 0 bridgehead atoms. The topological polar surface area (TPSA) is 55.2 Å². The molecule has 110 valence electrons. The smallest absolute Gasteiger partial charge is 0.233 e. The van der Waals surface area contributed by atoms with Crippen molar-refractivity contribution in [3.05, 3.63) is 77.9 Å². The van der Waals surface area contributed by atoms with Gasteiger partial charge in [-0.25, -0.2) is 0 Å². The molecule has 4 heteroatoms. The molecule has 1 heterocycles. The van der Waals surface area contributed by atoms with Gasteiger partial charge in [0.2, 0.25) is 5.88 Å². The molecule has 22 heavy (non-hydrogen) atoms. The molecule has 0 aliphatic heterocycles. The van der Waals surface area contributed by atoms with Crippen molar-refractivity contribution in [2.24, 2.45) is 0 Å². The third kappa shape index (κ3) is 2.82. The number of hydrogen-bond donors (Lipinski definition) is 1. The van der Waals surface area contributed by atoms with E-state index >= 15 is 0 Å². The van der Waals surface area contributed by atoms with E-state index in [0.717, 1.165) is 11.1 Å². The molecule has 2 aromatic carbocycles. The Kier molecular flexibility index (Phi) is 4.12. The van der Waals surface area contributed by atoms with Crippen LogP contribution in [-0.4, -0.2) is 22.4 Å². The fourth-order valence-electron chi connectivity index (χ4n) is 2.33. The number of benzene rings is 2. The van der Waals surface area contributed by atoms with Crippen LogP contribution in [0.25, 0.3) is 11.3 Å². The summed E-state index contributed by atoms with van der Waals surface area (Å²) >= 11 is 0. The van der Waals surface area contributed by atoms with Crippen molar-refractivity contribution in [2.75, 3.05) is 7.11 Å². The van der Waals surface area contributed by atoms with Crippen molar-refractivity contribution in [1.29, 1.82) is 0 Å². The Labute approximate surface area is 129 Å². The van der Waals surface area contributed by atoms with Gasteiger partial charge in [-0.1, -0.05) is 60.7 Å². The zero-order valence-electron chi connectivity index (χ0n) is 12.2. The summed E-state index contributed by atoms with van der Waals surface area (Å²) < 4.78 is 5.15. The van der Waals surface area contributed by atoms with E-state index < -0.39 is 6.10 Å². The van der Waals surface area contributed by atoms with Gasteiger partial charge in [0.05, 0.1) is 12.8 Å². The quantitative estimate of drug-likeness (QED) is 0.802. The monoisotopic (exact) mass is 292 g/mol. The lowest BCUT2D eigenvalue weighted by Gasteiger charge is -2.15. The molecule has 1 unspecified atom stereocenters. The molecule has 0 aliphatic rings. The first-order valence-electron chi connectivity index (χ1n) is 6.99. The van der Waals surface area contributed by atoms with Crippen molar-refractivity contribution < 1.29 is 9.84 Å². The third-order valence-electron chi connectivity index (χ3n) is 3.47. The second-order valence-corrected chi connectivity index (χ2v) is 4.87. The fraction of sp³-hybridized carbons (Fsp3) is 0.111. The SMILES string of the molecule is COc1cc(C(O)c2ccccc2)c(-c2ccccc2)nn1. The van der Waals surface area contributed by atoms with Crippen molar-refractivity contribution in [3.63, 3.8) is 0 Å². The largest absolute Gasteiger partial charge is 0.480 e. The minimum Gasteiger partial charge on any atom is -0.480 e. The Morgan fingerprint density at radius 2 is 1.55 bits per heavy atom. The highest BCUT2D eigenvalue weighted by Crippen LogP contribution is 2.31. The summed E-state index contributed by atoms with van der Waals surface area (Å²) in [6.45, 7) is 0. The number of aliphatic hydroxyl groups is 1. The predicted octanol–water partition coefficient (Wildman–Crippen LogP) is 3.23. The zero-order valence-corrected chi connectivity index (χ0v) is 12.2. The van der Waals surface area contributed by atoms with E-state index in [1.54, 1.807) is 6.07 Å². The van der Waals surface area contributed by atoms with E-state index in [0.29, 0.717) is 17.1 Å². The van der Waals surface area contributed by atoms with Gasteiger partial charge in [-0.2, -0.15) is 0 Å². The Bertz CT molecular complexity index is 746. The molecular weight excluding hydrogens is 276 g/mol. The number of aliphatic hydroxyl groups excluding tert-OH is 1. The maximum absolute atomic E-state index is 10.7. The first kappa shape index (κ1) is 14.2. The summed E-state index contributed by atoms with van der Waals surface area (Å²) in [6.07, 6.45) is -0.791. The lowest BCUT2D eigenvalue weighted by Crippen LogP contribution is -2.05. The van der Waals surface area contributed by atoms with Crippen LogP contribution in [0.3, 0.4) is 0 Å². The van der Waals surface area contributed by atoms with E-state index in [4.69, 9.17) is 4.74 Å². The number of rotatable bonds is 4. The number of hydrogen-bond acceptors (Lipinski definition) is 4. The molecule has 3 rings (SSSR count). The Balaban J connectivity index is 2.12. The molecule has 0 saturated carbocycles. The van der Waals surface area contributed by atoms with Crippen LogP contribution in [0.5, 0.6) is 5.88 Å². The van der Waals surface area contributed by atoms with Crippen LogP contribution >= 0.6 is 0 Å². The van der Waals surface area contributed by atoms with Gasteiger partial charge < -0.3 is 9.84 Å². The minimum atomic E-state index is -0.791. The highest BCUT2D eigenvalue weighted by molar-refractivity contribution is 5.64. The molecule has 4 nitrogen and oxygen atoms in total. The van der Waals surface area contributed by atoms with Gasteiger partial charge in [-0.05, 0) is 5.56 Å². The lowest BCUT2D eigenvalue weighted by molar-refractivity contribution is 0.219. The van der Waals surface area contributed by atoms with Gasteiger partial charge in [0.25, 0.3) is 0 Å². The van der Waals surface area contributed by atoms with E-state index in [1.165, 1.54) is 7.11 Å². The van der Waals surface area contributed by atoms with Gasteiger partial charge in [0.15, 0.2) is 0 Å². The van der Waals surface area contributed by atoms with Gasteiger partial charge in [0.1, 0.15) is 6.10 Å². The average molecular weight is 292 g/mol. The second kappa shape index (κ2) is 6.37. The van der Waals surface area contributed by atoms with Crippen LogP contribution in [0.4, 0.5) is 0 Å². The van der Waals surface area contributed by atoms with Gasteiger partial charge >= 0.3 is 0 Å². The number of methoxy groups -OCH3 is 1. The maximum Gasteiger partial charge on any atom is 0.233 e. The van der Waals surface area contributed by atoms with Crippen molar-refractivity contribution >= 4 is 0 Å². The zero-order chi connectivity index (χ0) is 15.4. The molecule has 1 aromatic heterocycles. The normalized spacial score (nSPS) is 11.9. The van der Waals surface area contributed by atoms with Crippen LogP contribution in [-0.2, 0) is 0 Å². The average Bonchev–Trinajstić information content (AvgIpc) is 2.62. The van der Waals surface area contributed by atoms with E-state index in [-0.39, 0.29) is 0 Å². The summed E-state index contributed by atoms with van der Waals surface area (Å²) in [7, 11) is 1.53.